The standard InChI is InChI=1S/C8H14O9/c1-4-12-8(3,13-5-2)14-7(11)16-17-15-6(9)10/h4-5H2,1-3H3,(H,9,10). The van der Waals surface area contributed by atoms with Crippen LogP contribution in [0.4, 0.5) is 9.59 Å². The van der Waals surface area contributed by atoms with E-state index in [2.05, 4.69) is 19.6 Å². The molecule has 0 aliphatic rings. The maximum atomic E-state index is 11.0. The van der Waals surface area contributed by atoms with Gasteiger partial charge >= 0.3 is 18.3 Å². The summed E-state index contributed by atoms with van der Waals surface area (Å²) < 4.78 is 14.6. The summed E-state index contributed by atoms with van der Waals surface area (Å²) in [6.07, 6.45) is -3.16. The van der Waals surface area contributed by atoms with E-state index in [-0.39, 0.29) is 13.2 Å². The summed E-state index contributed by atoms with van der Waals surface area (Å²) in [6.45, 7) is 5.10. The Hall–Kier alpha value is -1.58. The summed E-state index contributed by atoms with van der Waals surface area (Å²) in [6, 6.07) is 0. The minimum absolute atomic E-state index is 0.219. The van der Waals surface area contributed by atoms with Gasteiger partial charge in [0.15, 0.2) is 0 Å². The summed E-state index contributed by atoms with van der Waals surface area (Å²) in [5, 5.41) is 11.6. The predicted molar refractivity (Wildman–Crippen MR) is 49.4 cm³/mol. The minimum atomic E-state index is -1.78. The highest BCUT2D eigenvalue weighted by atomic mass is 17.5. The molecule has 0 saturated heterocycles. The molecule has 0 bridgehead atoms. The molecule has 0 heterocycles. The van der Waals surface area contributed by atoms with Crippen LogP contribution < -0.4 is 0 Å². The van der Waals surface area contributed by atoms with Gasteiger partial charge in [0, 0.05) is 6.92 Å². The van der Waals surface area contributed by atoms with Crippen molar-refractivity contribution in [3.63, 3.8) is 0 Å². The van der Waals surface area contributed by atoms with E-state index in [4.69, 9.17) is 14.6 Å². The van der Waals surface area contributed by atoms with E-state index in [9.17, 15) is 9.59 Å². The quantitative estimate of drug-likeness (QED) is 0.312. The summed E-state index contributed by atoms with van der Waals surface area (Å²) in [7, 11) is 0. The first kappa shape index (κ1) is 15.4. The Bertz CT molecular complexity index is 245. The van der Waals surface area contributed by atoms with Gasteiger partial charge in [-0.05, 0) is 13.8 Å². The van der Waals surface area contributed by atoms with E-state index in [1.165, 1.54) is 6.92 Å². The Kier molecular flexibility index (Phi) is 6.94. The fraction of sp³-hybridized carbons (Fsp3) is 0.750. The lowest BCUT2D eigenvalue weighted by atomic mass is 10.6. The molecule has 0 unspecified atom stereocenters. The molecule has 0 atom stereocenters. The largest absolute Gasteiger partial charge is 0.547 e. The third kappa shape index (κ3) is 7.33. The molecule has 0 aromatic rings. The molecule has 9 heteroatoms. The number of ether oxygens (including phenoxy) is 3. The monoisotopic (exact) mass is 254 g/mol. The molecule has 0 aromatic carbocycles. The van der Waals surface area contributed by atoms with Gasteiger partial charge in [-0.2, -0.15) is 0 Å². The second-order valence-electron chi connectivity index (χ2n) is 2.58. The zero-order valence-corrected chi connectivity index (χ0v) is 9.63. The first-order chi connectivity index (χ1) is 7.93. The molecule has 0 amide bonds. The van der Waals surface area contributed by atoms with Crippen LogP contribution in [-0.2, 0) is 29.0 Å². The summed E-state index contributed by atoms with van der Waals surface area (Å²) in [5.74, 6) is -1.65. The molecule has 9 nitrogen and oxygen atoms in total. The lowest BCUT2D eigenvalue weighted by molar-refractivity contribution is -0.466. The first-order valence-electron chi connectivity index (χ1n) is 4.68. The average molecular weight is 254 g/mol. The van der Waals surface area contributed by atoms with Crippen molar-refractivity contribution in [1.29, 1.82) is 0 Å². The molecule has 1 N–H and O–H groups in total. The average Bonchev–Trinajstić information content (AvgIpc) is 2.16. The number of carboxylic acid groups (broad SMARTS) is 1. The number of hydrogen-bond donors (Lipinski definition) is 1. The first-order valence-corrected chi connectivity index (χ1v) is 4.68. The van der Waals surface area contributed by atoms with Gasteiger partial charge in [0.25, 0.3) is 0 Å². The van der Waals surface area contributed by atoms with Crippen LogP contribution in [0.3, 0.4) is 0 Å². The molecule has 0 aliphatic heterocycles. The fourth-order valence-electron chi connectivity index (χ4n) is 0.867. The van der Waals surface area contributed by atoms with Crippen LogP contribution in [0.25, 0.3) is 0 Å². The Balaban J connectivity index is 4.07. The second-order valence-corrected chi connectivity index (χ2v) is 2.58. The number of rotatable bonds is 7. The summed E-state index contributed by atoms with van der Waals surface area (Å²) >= 11 is 0. The van der Waals surface area contributed by atoms with Crippen molar-refractivity contribution in [3.05, 3.63) is 0 Å². The van der Waals surface area contributed by atoms with Crippen molar-refractivity contribution in [2.45, 2.75) is 26.7 Å². The highest BCUT2D eigenvalue weighted by Crippen LogP contribution is 2.15. The van der Waals surface area contributed by atoms with Crippen molar-refractivity contribution in [2.75, 3.05) is 13.2 Å². The lowest BCUT2D eigenvalue weighted by Crippen LogP contribution is -2.38. The van der Waals surface area contributed by atoms with E-state index < -0.39 is 18.3 Å². The predicted octanol–water partition coefficient (Wildman–Crippen LogP) is 1.43. The van der Waals surface area contributed by atoms with Crippen LogP contribution >= 0.6 is 0 Å². The molecule has 0 rings (SSSR count). The van der Waals surface area contributed by atoms with Gasteiger partial charge < -0.3 is 19.3 Å². The highest BCUT2D eigenvalue weighted by molar-refractivity contribution is 5.59. The Morgan fingerprint density at radius 3 is 2.06 bits per heavy atom. The zero-order chi connectivity index (χ0) is 13.3. The van der Waals surface area contributed by atoms with Crippen LogP contribution in [0.1, 0.15) is 20.8 Å². The molecule has 0 fully saturated rings. The van der Waals surface area contributed by atoms with Crippen molar-refractivity contribution in [1.82, 2.24) is 0 Å². The number of carbonyl (C=O) groups excluding carboxylic acids is 1. The van der Waals surface area contributed by atoms with Crippen LogP contribution in [0.5, 0.6) is 0 Å². The van der Waals surface area contributed by atoms with Gasteiger partial charge in [-0.25, -0.2) is 19.4 Å². The number of hydrogen-bond acceptors (Lipinski definition) is 8. The molecule has 0 spiro atoms. The van der Waals surface area contributed by atoms with E-state index >= 15 is 0 Å². The van der Waals surface area contributed by atoms with E-state index in [1.807, 2.05) is 0 Å². The minimum Gasteiger partial charge on any atom is -0.448 e. The van der Waals surface area contributed by atoms with Gasteiger partial charge in [-0.15, -0.1) is 0 Å². The van der Waals surface area contributed by atoms with Gasteiger partial charge in [0.1, 0.15) is 0 Å². The molecule has 0 saturated carbocycles. The molecule has 0 aliphatic carbocycles. The SMILES string of the molecule is CCOC(C)(OCC)OC(=O)OOOC(=O)O. The number of carbonyl (C=O) groups is 2. The fourth-order valence-corrected chi connectivity index (χ4v) is 0.867. The van der Waals surface area contributed by atoms with Crippen LogP contribution in [0.2, 0.25) is 0 Å². The molecular formula is C8H14O9. The van der Waals surface area contributed by atoms with Crippen LogP contribution in [-0.4, -0.2) is 36.6 Å². The van der Waals surface area contributed by atoms with E-state index in [0.29, 0.717) is 0 Å². The van der Waals surface area contributed by atoms with Crippen molar-refractivity contribution < 1.29 is 43.7 Å². The normalized spacial score (nSPS) is 10.8. The van der Waals surface area contributed by atoms with Gasteiger partial charge in [-0.1, -0.05) is 0 Å². The van der Waals surface area contributed by atoms with Crippen molar-refractivity contribution in [2.24, 2.45) is 0 Å². The second kappa shape index (κ2) is 7.65. The topological polar surface area (TPSA) is 110 Å². The Morgan fingerprint density at radius 1 is 1.12 bits per heavy atom. The zero-order valence-electron chi connectivity index (χ0n) is 9.63. The Morgan fingerprint density at radius 2 is 1.65 bits per heavy atom. The van der Waals surface area contributed by atoms with Crippen LogP contribution in [0, 0.1) is 0 Å². The molecule has 100 valence electrons. The smallest absolute Gasteiger partial charge is 0.448 e. The summed E-state index contributed by atoms with van der Waals surface area (Å²) in [4.78, 5) is 28.1. The van der Waals surface area contributed by atoms with E-state index in [1.54, 1.807) is 13.8 Å². The van der Waals surface area contributed by atoms with Crippen molar-refractivity contribution >= 4 is 12.3 Å². The maximum Gasteiger partial charge on any atom is 0.547 e. The third-order valence-electron chi connectivity index (χ3n) is 1.29. The maximum absolute atomic E-state index is 11.0. The highest BCUT2D eigenvalue weighted by Gasteiger charge is 2.32. The van der Waals surface area contributed by atoms with Gasteiger partial charge in [0.05, 0.1) is 18.3 Å². The summed E-state index contributed by atoms with van der Waals surface area (Å²) in [5.41, 5.74) is 0. The van der Waals surface area contributed by atoms with Gasteiger partial charge in [-0.3, -0.25) is 0 Å². The Labute approximate surface area is 97.0 Å². The van der Waals surface area contributed by atoms with Crippen molar-refractivity contribution in [3.8, 4) is 0 Å². The lowest BCUT2D eigenvalue weighted by Gasteiger charge is -2.26. The molecule has 17 heavy (non-hydrogen) atoms. The molecule has 0 radical (unpaired) electrons. The van der Waals surface area contributed by atoms with Crippen LogP contribution in [0.15, 0.2) is 0 Å². The molecule has 0 aromatic heterocycles. The van der Waals surface area contributed by atoms with Gasteiger partial charge in [0.2, 0.25) is 0 Å². The third-order valence-corrected chi connectivity index (χ3v) is 1.29. The molecular weight excluding hydrogens is 240 g/mol. The van der Waals surface area contributed by atoms with E-state index in [0.717, 1.165) is 0 Å².